The highest BCUT2D eigenvalue weighted by atomic mass is 79.9. The van der Waals surface area contributed by atoms with E-state index in [0.717, 1.165) is 10.0 Å². The quantitative estimate of drug-likeness (QED) is 0.676. The Morgan fingerprint density at radius 3 is 2.69 bits per heavy atom. The van der Waals surface area contributed by atoms with Gasteiger partial charge in [0.2, 0.25) is 5.91 Å². The maximum absolute atomic E-state index is 11.3. The minimum absolute atomic E-state index is 0.249. The smallest absolute Gasteiger partial charge is 0.315 e. The number of ether oxygens (including phenoxy) is 1. The summed E-state index contributed by atoms with van der Waals surface area (Å²) in [6.07, 6.45) is -0.249. The van der Waals surface area contributed by atoms with Crippen molar-refractivity contribution in [3.63, 3.8) is 0 Å². The minimum Gasteiger partial charge on any atom is -0.469 e. The summed E-state index contributed by atoms with van der Waals surface area (Å²) in [5.41, 5.74) is 0.959. The number of carbonyl (C=O) groups excluding carboxylic acids is 2. The Labute approximate surface area is 102 Å². The van der Waals surface area contributed by atoms with Crippen LogP contribution in [0.3, 0.4) is 0 Å². The van der Waals surface area contributed by atoms with Gasteiger partial charge in [0.15, 0.2) is 0 Å². The fraction of sp³-hybridized carbons (Fsp3) is 0.273. The number of carbonyl (C=O) groups is 2. The maximum atomic E-state index is 11.3. The van der Waals surface area contributed by atoms with Gasteiger partial charge < -0.3 is 10.1 Å². The van der Waals surface area contributed by atoms with Crippen molar-refractivity contribution in [3.8, 4) is 0 Å². The third-order valence-corrected chi connectivity index (χ3v) is 2.74. The van der Waals surface area contributed by atoms with Crippen molar-refractivity contribution in [2.24, 2.45) is 0 Å². The molecule has 0 radical (unpaired) electrons. The molecule has 4 nitrogen and oxygen atoms in total. The van der Waals surface area contributed by atoms with Crippen LogP contribution in [0, 0.1) is 0 Å². The summed E-state index contributed by atoms with van der Waals surface area (Å²) < 4.78 is 5.31. The van der Waals surface area contributed by atoms with Crippen LogP contribution in [0.1, 0.15) is 12.0 Å². The fourth-order valence-electron chi connectivity index (χ4n) is 1.10. The first-order chi connectivity index (χ1) is 7.63. The summed E-state index contributed by atoms with van der Waals surface area (Å²) in [4.78, 5) is 22.1. The van der Waals surface area contributed by atoms with Gasteiger partial charge in [-0.1, -0.05) is 34.1 Å². The van der Waals surface area contributed by atoms with E-state index in [4.69, 9.17) is 0 Å². The van der Waals surface area contributed by atoms with E-state index < -0.39 is 5.97 Å². The van der Waals surface area contributed by atoms with Crippen molar-refractivity contribution < 1.29 is 14.3 Å². The van der Waals surface area contributed by atoms with E-state index in [2.05, 4.69) is 26.0 Å². The van der Waals surface area contributed by atoms with Crippen LogP contribution in [0.5, 0.6) is 0 Å². The Balaban J connectivity index is 2.43. The predicted octanol–water partition coefficient (Wildman–Crippen LogP) is 1.63. The Morgan fingerprint density at radius 1 is 1.38 bits per heavy atom. The zero-order valence-corrected chi connectivity index (χ0v) is 10.4. The van der Waals surface area contributed by atoms with E-state index in [9.17, 15) is 9.59 Å². The number of nitrogens with one attached hydrogen (secondary N) is 1. The average molecular weight is 286 g/mol. The molecule has 1 rings (SSSR count). The molecule has 0 bridgehead atoms. The van der Waals surface area contributed by atoms with Gasteiger partial charge >= 0.3 is 5.97 Å². The second-order valence-corrected chi connectivity index (χ2v) is 3.98. The lowest BCUT2D eigenvalue weighted by Crippen LogP contribution is -2.25. The second kappa shape index (κ2) is 6.27. The molecule has 0 aliphatic heterocycles. The van der Waals surface area contributed by atoms with Crippen molar-refractivity contribution in [2.45, 2.75) is 13.0 Å². The van der Waals surface area contributed by atoms with Crippen LogP contribution in [-0.4, -0.2) is 19.0 Å². The molecule has 0 aromatic heterocycles. The molecular formula is C11H12BrNO3. The molecule has 86 valence electrons. The van der Waals surface area contributed by atoms with Crippen LogP contribution >= 0.6 is 15.9 Å². The summed E-state index contributed by atoms with van der Waals surface area (Å²) in [7, 11) is 1.25. The SMILES string of the molecule is COC(=O)CC(=O)NCc1ccccc1Br. The molecule has 1 amide bonds. The number of methoxy groups -OCH3 is 1. The molecule has 0 saturated heterocycles. The molecule has 0 fully saturated rings. The van der Waals surface area contributed by atoms with E-state index in [1.54, 1.807) is 0 Å². The molecule has 16 heavy (non-hydrogen) atoms. The number of esters is 1. The van der Waals surface area contributed by atoms with E-state index in [1.807, 2.05) is 24.3 Å². The van der Waals surface area contributed by atoms with Gasteiger partial charge in [-0.3, -0.25) is 9.59 Å². The van der Waals surface area contributed by atoms with Crippen molar-refractivity contribution in [3.05, 3.63) is 34.3 Å². The van der Waals surface area contributed by atoms with Gasteiger partial charge in [0, 0.05) is 11.0 Å². The monoisotopic (exact) mass is 285 g/mol. The van der Waals surface area contributed by atoms with Crippen molar-refractivity contribution >= 4 is 27.8 Å². The van der Waals surface area contributed by atoms with Crippen molar-refractivity contribution in [1.82, 2.24) is 5.32 Å². The summed E-state index contributed by atoms with van der Waals surface area (Å²) >= 11 is 3.37. The van der Waals surface area contributed by atoms with Crippen LogP contribution in [0.2, 0.25) is 0 Å². The summed E-state index contributed by atoms with van der Waals surface area (Å²) in [5.74, 6) is -0.882. The zero-order chi connectivity index (χ0) is 12.0. The second-order valence-electron chi connectivity index (χ2n) is 3.12. The van der Waals surface area contributed by atoms with Crippen LogP contribution in [0.4, 0.5) is 0 Å². The molecule has 0 unspecified atom stereocenters. The Kier molecular flexibility index (Phi) is 4.98. The highest BCUT2D eigenvalue weighted by Gasteiger charge is 2.09. The largest absolute Gasteiger partial charge is 0.469 e. The van der Waals surface area contributed by atoms with Gasteiger partial charge in [0.05, 0.1) is 7.11 Å². The highest BCUT2D eigenvalue weighted by molar-refractivity contribution is 9.10. The van der Waals surface area contributed by atoms with Crippen LogP contribution in [-0.2, 0) is 20.9 Å². The summed E-state index contributed by atoms with van der Waals surface area (Å²) in [5, 5.41) is 2.64. The third kappa shape index (κ3) is 4.02. The number of rotatable bonds is 4. The first kappa shape index (κ1) is 12.7. The number of amides is 1. The highest BCUT2D eigenvalue weighted by Crippen LogP contribution is 2.15. The van der Waals surface area contributed by atoms with Crippen molar-refractivity contribution in [1.29, 1.82) is 0 Å². The van der Waals surface area contributed by atoms with Crippen LogP contribution in [0.25, 0.3) is 0 Å². The van der Waals surface area contributed by atoms with E-state index in [-0.39, 0.29) is 12.3 Å². The molecule has 1 aromatic rings. The Morgan fingerprint density at radius 2 is 2.06 bits per heavy atom. The zero-order valence-electron chi connectivity index (χ0n) is 8.83. The maximum Gasteiger partial charge on any atom is 0.315 e. The topological polar surface area (TPSA) is 55.4 Å². The molecular weight excluding hydrogens is 274 g/mol. The van der Waals surface area contributed by atoms with E-state index in [0.29, 0.717) is 6.54 Å². The third-order valence-electron chi connectivity index (χ3n) is 1.97. The molecule has 1 N–H and O–H groups in total. The van der Waals surface area contributed by atoms with Crippen molar-refractivity contribution in [2.75, 3.05) is 7.11 Å². The molecule has 5 heteroatoms. The standard InChI is InChI=1S/C11H12BrNO3/c1-16-11(15)6-10(14)13-7-8-4-2-3-5-9(8)12/h2-5H,6-7H2,1H3,(H,13,14). The molecule has 1 aromatic carbocycles. The fourth-order valence-corrected chi connectivity index (χ4v) is 1.53. The lowest BCUT2D eigenvalue weighted by Gasteiger charge is -2.06. The molecule has 0 saturated carbocycles. The first-order valence-electron chi connectivity index (χ1n) is 4.70. The summed E-state index contributed by atoms with van der Waals surface area (Å²) in [6.45, 7) is 0.386. The molecule has 0 heterocycles. The molecule has 0 spiro atoms. The van der Waals surface area contributed by atoms with E-state index in [1.165, 1.54) is 7.11 Å². The van der Waals surface area contributed by atoms with Gasteiger partial charge in [-0.15, -0.1) is 0 Å². The minimum atomic E-state index is -0.537. The van der Waals surface area contributed by atoms with Crippen LogP contribution in [0.15, 0.2) is 28.7 Å². The molecule has 0 aliphatic carbocycles. The van der Waals surface area contributed by atoms with Gasteiger partial charge in [-0.25, -0.2) is 0 Å². The normalized spacial score (nSPS) is 9.62. The predicted molar refractivity (Wildman–Crippen MR) is 62.6 cm³/mol. The first-order valence-corrected chi connectivity index (χ1v) is 5.49. The lowest BCUT2D eigenvalue weighted by molar-refractivity contribution is -0.143. The van der Waals surface area contributed by atoms with E-state index >= 15 is 0 Å². The number of benzene rings is 1. The van der Waals surface area contributed by atoms with Gasteiger partial charge in [-0.05, 0) is 11.6 Å². The molecule has 0 atom stereocenters. The number of halogens is 1. The van der Waals surface area contributed by atoms with Crippen LogP contribution < -0.4 is 5.32 Å². The van der Waals surface area contributed by atoms with Gasteiger partial charge in [-0.2, -0.15) is 0 Å². The summed E-state index contributed by atoms with van der Waals surface area (Å²) in [6, 6.07) is 7.56. The Bertz CT molecular complexity index is 393. The average Bonchev–Trinajstić information content (AvgIpc) is 2.28. The number of hydrogen-bond donors (Lipinski definition) is 1. The van der Waals surface area contributed by atoms with Gasteiger partial charge in [0.25, 0.3) is 0 Å². The number of hydrogen-bond acceptors (Lipinski definition) is 3. The lowest BCUT2D eigenvalue weighted by atomic mass is 10.2. The van der Waals surface area contributed by atoms with Gasteiger partial charge in [0.1, 0.15) is 6.42 Å². The molecule has 0 aliphatic rings. The Hall–Kier alpha value is -1.36.